The van der Waals surface area contributed by atoms with E-state index < -0.39 is 0 Å². The third kappa shape index (κ3) is 3.85. The van der Waals surface area contributed by atoms with E-state index in [1.807, 2.05) is 40.1 Å². The molecule has 0 aliphatic carbocycles. The Morgan fingerprint density at radius 2 is 1.64 bits per heavy atom. The first-order valence-electron chi connectivity index (χ1n) is 9.43. The number of hydrogen-bond acceptors (Lipinski definition) is 4. The van der Waals surface area contributed by atoms with Crippen molar-refractivity contribution in [3.63, 3.8) is 0 Å². The van der Waals surface area contributed by atoms with E-state index in [1.165, 1.54) is 17.8 Å². The Bertz CT molecular complexity index is 883. The Kier molecular flexibility index (Phi) is 5.52. The van der Waals surface area contributed by atoms with Gasteiger partial charge in [0.1, 0.15) is 5.82 Å². The molecule has 4 rings (SSSR count). The number of nitrogens with zero attached hydrogens (tertiary/aromatic N) is 3. The molecule has 28 heavy (non-hydrogen) atoms. The van der Waals surface area contributed by atoms with Crippen LogP contribution in [0.15, 0.2) is 53.4 Å². The lowest BCUT2D eigenvalue weighted by molar-refractivity contribution is -0.131. The molecular weight excluding hydrogens is 377 g/mol. The molecule has 146 valence electrons. The average Bonchev–Trinajstić information content (AvgIpc) is 2.73. The topological polar surface area (TPSA) is 43.9 Å². The van der Waals surface area contributed by atoms with Crippen LogP contribution < -0.4 is 9.80 Å². The van der Waals surface area contributed by atoms with Crippen molar-refractivity contribution in [1.29, 1.82) is 0 Å². The van der Waals surface area contributed by atoms with Gasteiger partial charge in [0.25, 0.3) is 0 Å². The molecule has 2 aliphatic heterocycles. The molecule has 2 aliphatic rings. The molecule has 0 spiro atoms. The second kappa shape index (κ2) is 8.22. The predicted octanol–water partition coefficient (Wildman–Crippen LogP) is 3.00. The minimum atomic E-state index is -0.234. The smallest absolute Gasteiger partial charge is 0.237 e. The number of thioether (sulfide) groups is 1. The first kappa shape index (κ1) is 18.8. The molecule has 2 aromatic rings. The maximum Gasteiger partial charge on any atom is 0.237 e. The molecule has 2 aromatic carbocycles. The van der Waals surface area contributed by atoms with E-state index in [9.17, 15) is 14.0 Å². The van der Waals surface area contributed by atoms with E-state index in [4.69, 9.17) is 0 Å². The minimum absolute atomic E-state index is 0.0386. The fourth-order valence-electron chi connectivity index (χ4n) is 3.67. The van der Waals surface area contributed by atoms with Crippen molar-refractivity contribution >= 4 is 35.0 Å². The van der Waals surface area contributed by atoms with Crippen molar-refractivity contribution in [2.24, 2.45) is 0 Å². The van der Waals surface area contributed by atoms with E-state index >= 15 is 0 Å². The number of carbonyl (C=O) groups is 2. The maximum absolute atomic E-state index is 14.0. The highest BCUT2D eigenvalue weighted by Gasteiger charge is 2.27. The quantitative estimate of drug-likeness (QED) is 0.793. The Balaban J connectivity index is 1.33. The monoisotopic (exact) mass is 399 g/mol. The molecule has 2 amide bonds. The van der Waals surface area contributed by atoms with Gasteiger partial charge in [-0.05, 0) is 24.3 Å². The second-order valence-corrected chi connectivity index (χ2v) is 7.89. The predicted molar refractivity (Wildman–Crippen MR) is 109 cm³/mol. The zero-order chi connectivity index (χ0) is 19.5. The van der Waals surface area contributed by atoms with Crippen LogP contribution in [0.2, 0.25) is 0 Å². The molecule has 0 aromatic heterocycles. The zero-order valence-electron chi connectivity index (χ0n) is 15.5. The molecule has 7 heteroatoms. The number of fused-ring (bicyclic) bond motifs is 1. The molecule has 2 heterocycles. The van der Waals surface area contributed by atoms with Crippen molar-refractivity contribution in [1.82, 2.24) is 4.90 Å². The minimum Gasteiger partial charge on any atom is -0.366 e. The van der Waals surface area contributed by atoms with Crippen LogP contribution in [-0.2, 0) is 9.59 Å². The molecule has 5 nitrogen and oxygen atoms in total. The number of piperazine rings is 1. The summed E-state index contributed by atoms with van der Waals surface area (Å²) in [5.74, 6) is 0.256. The highest BCUT2D eigenvalue weighted by Crippen LogP contribution is 2.35. The fraction of sp³-hybridized carbons (Fsp3) is 0.333. The number of hydrogen-bond donors (Lipinski definition) is 0. The Morgan fingerprint density at radius 1 is 0.964 bits per heavy atom. The molecule has 0 unspecified atom stereocenters. The molecule has 0 N–H and O–H groups in total. The van der Waals surface area contributed by atoms with Crippen LogP contribution in [0, 0.1) is 5.82 Å². The van der Waals surface area contributed by atoms with Crippen molar-refractivity contribution in [2.45, 2.75) is 11.3 Å². The van der Waals surface area contributed by atoms with Crippen LogP contribution in [0.1, 0.15) is 6.42 Å². The molecule has 1 fully saturated rings. The molecule has 0 radical (unpaired) electrons. The Hall–Kier alpha value is -2.54. The van der Waals surface area contributed by atoms with Crippen LogP contribution in [0.25, 0.3) is 0 Å². The van der Waals surface area contributed by atoms with Gasteiger partial charge in [0.05, 0.1) is 17.1 Å². The van der Waals surface area contributed by atoms with Gasteiger partial charge in [-0.3, -0.25) is 9.59 Å². The van der Waals surface area contributed by atoms with Crippen molar-refractivity contribution < 1.29 is 14.0 Å². The summed E-state index contributed by atoms with van der Waals surface area (Å²) >= 11 is 1.54. The zero-order valence-corrected chi connectivity index (χ0v) is 16.3. The number of rotatable bonds is 4. The Morgan fingerprint density at radius 3 is 2.39 bits per heavy atom. The largest absolute Gasteiger partial charge is 0.366 e. The third-order valence-corrected chi connectivity index (χ3v) is 6.23. The number of carbonyl (C=O) groups excluding carboxylic acids is 2. The highest BCUT2D eigenvalue weighted by molar-refractivity contribution is 8.00. The number of halogens is 1. The van der Waals surface area contributed by atoms with E-state index in [0.717, 1.165) is 10.6 Å². The van der Waals surface area contributed by atoms with Gasteiger partial charge in [0.15, 0.2) is 0 Å². The van der Waals surface area contributed by atoms with E-state index in [0.29, 0.717) is 50.6 Å². The van der Waals surface area contributed by atoms with Crippen molar-refractivity contribution in [3.8, 4) is 0 Å². The summed E-state index contributed by atoms with van der Waals surface area (Å²) in [7, 11) is 0. The van der Waals surface area contributed by atoms with Crippen LogP contribution >= 0.6 is 11.8 Å². The van der Waals surface area contributed by atoms with Gasteiger partial charge in [-0.25, -0.2) is 4.39 Å². The fourth-order valence-corrected chi connectivity index (χ4v) is 4.61. The summed E-state index contributed by atoms with van der Waals surface area (Å²) in [5.41, 5.74) is 1.48. The van der Waals surface area contributed by atoms with Gasteiger partial charge < -0.3 is 14.7 Å². The lowest BCUT2D eigenvalue weighted by Crippen LogP contribution is -2.49. The van der Waals surface area contributed by atoms with Crippen LogP contribution in [0.5, 0.6) is 0 Å². The lowest BCUT2D eigenvalue weighted by Gasteiger charge is -2.36. The number of benzene rings is 2. The molecule has 0 bridgehead atoms. The molecular formula is C21H22FN3O2S. The van der Waals surface area contributed by atoms with Gasteiger partial charge >= 0.3 is 0 Å². The summed E-state index contributed by atoms with van der Waals surface area (Å²) in [4.78, 5) is 31.6. The first-order valence-corrected chi connectivity index (χ1v) is 10.4. The second-order valence-electron chi connectivity index (χ2n) is 6.87. The average molecular weight is 399 g/mol. The van der Waals surface area contributed by atoms with Crippen molar-refractivity contribution in [2.75, 3.05) is 48.3 Å². The van der Waals surface area contributed by atoms with E-state index in [-0.39, 0.29) is 17.6 Å². The van der Waals surface area contributed by atoms with Crippen LogP contribution in [0.3, 0.4) is 0 Å². The third-order valence-electron chi connectivity index (χ3n) is 5.18. The summed E-state index contributed by atoms with van der Waals surface area (Å²) in [6, 6.07) is 14.5. The van der Waals surface area contributed by atoms with Gasteiger partial charge in [0, 0.05) is 44.0 Å². The summed E-state index contributed by atoms with van der Waals surface area (Å²) in [6.45, 7) is 2.73. The molecule has 1 saturated heterocycles. The summed E-state index contributed by atoms with van der Waals surface area (Å²) in [5, 5.41) is 0. The number of para-hydroxylation sites is 2. The standard InChI is InChI=1S/C21H22FN3O2S/c22-16-5-1-2-6-17(16)23-11-13-24(14-12-23)20(26)9-10-25-18-7-3-4-8-19(18)28-15-21(25)27/h1-8H,9-15H2. The van der Waals surface area contributed by atoms with Gasteiger partial charge in [0.2, 0.25) is 11.8 Å². The summed E-state index contributed by atoms with van der Waals surface area (Å²) < 4.78 is 14.0. The van der Waals surface area contributed by atoms with Crippen molar-refractivity contribution in [3.05, 3.63) is 54.3 Å². The number of anilines is 2. The SMILES string of the molecule is O=C(CCN1C(=O)CSc2ccccc21)N1CCN(c2ccccc2F)CC1. The van der Waals surface area contributed by atoms with Gasteiger partial charge in [-0.15, -0.1) is 11.8 Å². The maximum atomic E-state index is 14.0. The van der Waals surface area contributed by atoms with E-state index in [1.54, 1.807) is 17.0 Å². The summed E-state index contributed by atoms with van der Waals surface area (Å²) in [6.07, 6.45) is 0.296. The molecule has 0 saturated carbocycles. The number of amides is 2. The molecule has 0 atom stereocenters. The first-order chi connectivity index (χ1) is 13.6. The van der Waals surface area contributed by atoms with Crippen LogP contribution in [0.4, 0.5) is 15.8 Å². The Labute approximate surface area is 168 Å². The normalized spacial score (nSPS) is 16.9. The van der Waals surface area contributed by atoms with Gasteiger partial charge in [-0.2, -0.15) is 0 Å². The van der Waals surface area contributed by atoms with Crippen LogP contribution in [-0.4, -0.2) is 55.2 Å². The lowest BCUT2D eigenvalue weighted by atomic mass is 10.2. The van der Waals surface area contributed by atoms with Gasteiger partial charge in [-0.1, -0.05) is 24.3 Å². The highest BCUT2D eigenvalue weighted by atomic mass is 32.2. The van der Waals surface area contributed by atoms with E-state index in [2.05, 4.69) is 0 Å².